The molecule has 1 saturated heterocycles. The van der Waals surface area contributed by atoms with E-state index in [1.54, 1.807) is 0 Å². The van der Waals surface area contributed by atoms with Crippen LogP contribution in [0.25, 0.3) is 0 Å². The second-order valence-corrected chi connectivity index (χ2v) is 4.69. The molecule has 1 amide bonds. The summed E-state index contributed by atoms with van der Waals surface area (Å²) in [6, 6.07) is 0. The predicted molar refractivity (Wildman–Crippen MR) is 57.8 cm³/mol. The smallest absolute Gasteiger partial charge is 0.391 e. The minimum Gasteiger partial charge on any atom is -0.391 e. The zero-order chi connectivity index (χ0) is 13.9. The van der Waals surface area contributed by atoms with Crippen molar-refractivity contribution < 1.29 is 27.8 Å². The molecule has 1 aliphatic heterocycles. The largest absolute Gasteiger partial charge is 0.411 e. The Kier molecular flexibility index (Phi) is 4.98. The monoisotopic (exact) mass is 269 g/mol. The number of alkyl halides is 3. The van der Waals surface area contributed by atoms with Gasteiger partial charge in [-0.1, -0.05) is 6.92 Å². The molecule has 4 nitrogen and oxygen atoms in total. The molecule has 0 radical (unpaired) electrons. The lowest BCUT2D eigenvalue weighted by molar-refractivity contribution is -0.189. The van der Waals surface area contributed by atoms with Crippen molar-refractivity contribution in [2.24, 2.45) is 5.92 Å². The summed E-state index contributed by atoms with van der Waals surface area (Å²) in [5, 5.41) is 9.62. The molecule has 0 aliphatic carbocycles. The molecule has 0 bridgehead atoms. The van der Waals surface area contributed by atoms with Crippen molar-refractivity contribution in [2.45, 2.75) is 38.7 Å². The molecule has 0 saturated carbocycles. The quantitative estimate of drug-likeness (QED) is 0.837. The van der Waals surface area contributed by atoms with E-state index >= 15 is 0 Å². The number of halogens is 3. The van der Waals surface area contributed by atoms with E-state index < -0.39 is 30.9 Å². The summed E-state index contributed by atoms with van der Waals surface area (Å²) in [6.45, 7) is 2.32. The number of rotatable bonds is 3. The normalized spacial score (nSPS) is 27.1. The zero-order valence-electron chi connectivity index (χ0n) is 10.4. The molecular formula is C11H18F3NO3. The van der Waals surface area contributed by atoms with Gasteiger partial charge < -0.3 is 14.7 Å². The number of likely N-dealkylation sites (tertiary alicyclic amines) is 1. The van der Waals surface area contributed by atoms with Crippen LogP contribution < -0.4 is 0 Å². The highest BCUT2D eigenvalue weighted by atomic mass is 19.4. The fraction of sp³-hybridized carbons (Fsp3) is 0.909. The average molecular weight is 269 g/mol. The van der Waals surface area contributed by atoms with E-state index in [-0.39, 0.29) is 12.5 Å². The minimum absolute atomic E-state index is 0.0976. The van der Waals surface area contributed by atoms with E-state index in [0.717, 1.165) is 0 Å². The molecule has 7 heteroatoms. The van der Waals surface area contributed by atoms with Crippen molar-refractivity contribution in [1.29, 1.82) is 0 Å². The first kappa shape index (κ1) is 15.2. The maximum absolute atomic E-state index is 11.9. The summed E-state index contributed by atoms with van der Waals surface area (Å²) in [4.78, 5) is 13.1. The van der Waals surface area contributed by atoms with Crippen molar-refractivity contribution >= 4 is 5.91 Å². The molecule has 1 N–H and O–H groups in total. The molecule has 0 spiro atoms. The van der Waals surface area contributed by atoms with Gasteiger partial charge in [0.15, 0.2) is 0 Å². The highest BCUT2D eigenvalue weighted by molar-refractivity contribution is 5.80. The summed E-state index contributed by atoms with van der Waals surface area (Å²) >= 11 is 0. The zero-order valence-corrected chi connectivity index (χ0v) is 10.4. The molecule has 3 unspecified atom stereocenters. The van der Waals surface area contributed by atoms with E-state index in [0.29, 0.717) is 13.0 Å². The van der Waals surface area contributed by atoms with E-state index in [1.807, 2.05) is 6.92 Å². The maximum atomic E-state index is 11.9. The summed E-state index contributed by atoms with van der Waals surface area (Å²) in [5.74, 6) is -0.411. The molecule has 0 aromatic heterocycles. The van der Waals surface area contributed by atoms with Crippen LogP contribution in [0.3, 0.4) is 0 Å². The van der Waals surface area contributed by atoms with E-state index in [1.165, 1.54) is 11.8 Å². The number of nitrogens with zero attached hydrogens (tertiary/aromatic N) is 1. The van der Waals surface area contributed by atoms with E-state index in [2.05, 4.69) is 4.74 Å². The van der Waals surface area contributed by atoms with Crippen molar-refractivity contribution in [3.63, 3.8) is 0 Å². The number of aliphatic hydroxyl groups is 1. The van der Waals surface area contributed by atoms with Crippen molar-refractivity contribution in [3.05, 3.63) is 0 Å². The number of amides is 1. The Morgan fingerprint density at radius 2 is 2.17 bits per heavy atom. The van der Waals surface area contributed by atoms with Crippen LogP contribution >= 0.6 is 0 Å². The molecular weight excluding hydrogens is 251 g/mol. The molecule has 18 heavy (non-hydrogen) atoms. The highest BCUT2D eigenvalue weighted by Gasteiger charge is 2.33. The van der Waals surface area contributed by atoms with E-state index in [9.17, 15) is 23.1 Å². The summed E-state index contributed by atoms with van der Waals surface area (Å²) in [6.07, 6.45) is -5.58. The lowest BCUT2D eigenvalue weighted by Crippen LogP contribution is -2.49. The molecule has 1 aliphatic rings. The first-order valence-corrected chi connectivity index (χ1v) is 5.86. The fourth-order valence-corrected chi connectivity index (χ4v) is 1.80. The van der Waals surface area contributed by atoms with Gasteiger partial charge in [0.1, 0.15) is 12.7 Å². The third-order valence-corrected chi connectivity index (χ3v) is 3.08. The third kappa shape index (κ3) is 4.45. The van der Waals surface area contributed by atoms with Crippen LogP contribution in [-0.4, -0.2) is 54.0 Å². The van der Waals surface area contributed by atoms with Gasteiger partial charge in [-0.15, -0.1) is 0 Å². The Morgan fingerprint density at radius 3 is 2.67 bits per heavy atom. The number of ether oxygens (including phenoxy) is 1. The Hall–Kier alpha value is -0.820. The van der Waals surface area contributed by atoms with Crippen LogP contribution in [0.1, 0.15) is 20.3 Å². The van der Waals surface area contributed by atoms with Gasteiger partial charge in [-0.2, -0.15) is 13.2 Å². The second kappa shape index (κ2) is 5.88. The predicted octanol–water partition coefficient (Wildman–Crippen LogP) is 1.18. The first-order valence-electron chi connectivity index (χ1n) is 5.86. The number of carbonyl (C=O) groups is 1. The van der Waals surface area contributed by atoms with Gasteiger partial charge in [0.05, 0.1) is 6.10 Å². The standard InChI is InChI=1S/C11H18F3NO3/c1-7-3-4-15(5-9(7)16)10(17)8(2)18-6-11(12,13)14/h7-9,16H,3-6H2,1-2H3. The number of hydrogen-bond donors (Lipinski definition) is 1. The van der Waals surface area contributed by atoms with Gasteiger partial charge in [-0.25, -0.2) is 0 Å². The lowest BCUT2D eigenvalue weighted by Gasteiger charge is -2.35. The second-order valence-electron chi connectivity index (χ2n) is 4.69. The number of piperidine rings is 1. The Balaban J connectivity index is 2.44. The van der Waals surface area contributed by atoms with Gasteiger partial charge in [-0.05, 0) is 19.3 Å². The molecule has 1 rings (SSSR count). The number of hydrogen-bond acceptors (Lipinski definition) is 3. The molecule has 106 valence electrons. The molecule has 0 aromatic carbocycles. The van der Waals surface area contributed by atoms with Crippen molar-refractivity contribution in [2.75, 3.05) is 19.7 Å². The van der Waals surface area contributed by atoms with Crippen LogP contribution in [0.2, 0.25) is 0 Å². The van der Waals surface area contributed by atoms with Crippen molar-refractivity contribution in [1.82, 2.24) is 4.90 Å². The number of aliphatic hydroxyl groups excluding tert-OH is 1. The van der Waals surface area contributed by atoms with Crippen LogP contribution in [0.5, 0.6) is 0 Å². The lowest BCUT2D eigenvalue weighted by atomic mass is 9.96. The van der Waals surface area contributed by atoms with Gasteiger partial charge in [0.2, 0.25) is 0 Å². The van der Waals surface area contributed by atoms with Crippen LogP contribution in [-0.2, 0) is 9.53 Å². The van der Waals surface area contributed by atoms with Crippen LogP contribution in [0.15, 0.2) is 0 Å². The molecule has 0 aromatic rings. The average Bonchev–Trinajstić information content (AvgIpc) is 2.27. The van der Waals surface area contributed by atoms with Crippen LogP contribution in [0, 0.1) is 5.92 Å². The number of carbonyl (C=O) groups excluding carboxylic acids is 1. The van der Waals surface area contributed by atoms with Gasteiger partial charge in [0, 0.05) is 13.1 Å². The number of β-amino-alcohol motifs (C(OH)–C–C–N with tert-alkyl or cyclic N) is 1. The van der Waals surface area contributed by atoms with Crippen molar-refractivity contribution in [3.8, 4) is 0 Å². The summed E-state index contributed by atoms with van der Waals surface area (Å²) < 4.78 is 40.3. The van der Waals surface area contributed by atoms with Crippen LogP contribution in [0.4, 0.5) is 13.2 Å². The van der Waals surface area contributed by atoms with Gasteiger partial charge >= 0.3 is 6.18 Å². The minimum atomic E-state index is -4.44. The molecule has 1 fully saturated rings. The first-order chi connectivity index (χ1) is 8.20. The Bertz CT molecular complexity index is 296. The van der Waals surface area contributed by atoms with Gasteiger partial charge in [0.25, 0.3) is 5.91 Å². The van der Waals surface area contributed by atoms with Gasteiger partial charge in [-0.3, -0.25) is 4.79 Å². The third-order valence-electron chi connectivity index (χ3n) is 3.08. The SMILES string of the molecule is CC(OCC(F)(F)F)C(=O)N1CCC(C)C(O)C1. The van der Waals surface area contributed by atoms with E-state index in [4.69, 9.17) is 0 Å². The summed E-state index contributed by atoms with van der Waals surface area (Å²) in [5.41, 5.74) is 0. The molecule has 1 heterocycles. The topological polar surface area (TPSA) is 49.8 Å². The maximum Gasteiger partial charge on any atom is 0.411 e. The Labute approximate surface area is 104 Å². The Morgan fingerprint density at radius 1 is 1.56 bits per heavy atom. The highest BCUT2D eigenvalue weighted by Crippen LogP contribution is 2.19. The molecule has 3 atom stereocenters. The summed E-state index contributed by atoms with van der Waals surface area (Å²) in [7, 11) is 0. The fourth-order valence-electron chi connectivity index (χ4n) is 1.80.